The number of imide groups is 1. The average Bonchev–Trinajstić information content (AvgIpc) is 3.26. The van der Waals surface area contributed by atoms with Crippen molar-refractivity contribution >= 4 is 34.8 Å². The van der Waals surface area contributed by atoms with E-state index in [1.54, 1.807) is 17.2 Å². The SMILES string of the molecule is Cc1cc(C)c(N2C(=O)[C@H]3[C@H](ON(c4ccccc4)[C@H]3c3ccc(Cl)cc3)C2=O)c(C)c1. The summed E-state index contributed by atoms with van der Waals surface area (Å²) in [6.45, 7) is 5.86. The highest BCUT2D eigenvalue weighted by molar-refractivity contribution is 6.30. The van der Waals surface area contributed by atoms with Crippen molar-refractivity contribution in [1.82, 2.24) is 0 Å². The maximum atomic E-state index is 13.8. The number of rotatable bonds is 3. The van der Waals surface area contributed by atoms with Gasteiger partial charge in [-0.2, -0.15) is 0 Å². The molecule has 2 saturated heterocycles. The Kier molecular flexibility index (Phi) is 5.03. The van der Waals surface area contributed by atoms with Crippen LogP contribution in [-0.4, -0.2) is 17.9 Å². The van der Waals surface area contributed by atoms with Crippen molar-refractivity contribution < 1.29 is 14.4 Å². The van der Waals surface area contributed by atoms with E-state index in [0.717, 1.165) is 27.9 Å². The lowest BCUT2D eigenvalue weighted by Gasteiger charge is -2.29. The Morgan fingerprint density at radius 1 is 0.844 bits per heavy atom. The van der Waals surface area contributed by atoms with Gasteiger partial charge in [-0.15, -0.1) is 0 Å². The predicted octanol–water partition coefficient (Wildman–Crippen LogP) is 5.32. The number of amides is 2. The largest absolute Gasteiger partial charge is 0.273 e. The van der Waals surface area contributed by atoms with Crippen molar-refractivity contribution in [1.29, 1.82) is 0 Å². The van der Waals surface area contributed by atoms with Crippen LogP contribution in [0, 0.1) is 26.7 Å². The fourth-order valence-electron chi connectivity index (χ4n) is 4.96. The maximum absolute atomic E-state index is 13.8. The molecule has 2 amide bonds. The summed E-state index contributed by atoms with van der Waals surface area (Å²) in [5.41, 5.74) is 5.19. The number of halogens is 1. The van der Waals surface area contributed by atoms with Crippen LogP contribution in [0.25, 0.3) is 0 Å². The lowest BCUT2D eigenvalue weighted by atomic mass is 9.90. The van der Waals surface area contributed by atoms with Gasteiger partial charge in [0, 0.05) is 5.02 Å². The van der Waals surface area contributed by atoms with Crippen LogP contribution >= 0.6 is 11.6 Å². The van der Waals surface area contributed by atoms with Crippen LogP contribution in [0.5, 0.6) is 0 Å². The first-order valence-corrected chi connectivity index (χ1v) is 11.0. The van der Waals surface area contributed by atoms with E-state index in [1.807, 2.05) is 75.4 Å². The molecule has 0 radical (unpaired) electrons. The van der Waals surface area contributed by atoms with Gasteiger partial charge >= 0.3 is 0 Å². The number of carbonyl (C=O) groups excluding carboxylic acids is 2. The van der Waals surface area contributed by atoms with Crippen molar-refractivity contribution in [2.45, 2.75) is 32.9 Å². The fraction of sp³-hybridized carbons (Fsp3) is 0.231. The minimum atomic E-state index is -0.886. The molecule has 3 aromatic carbocycles. The molecule has 0 saturated carbocycles. The molecule has 3 aromatic rings. The van der Waals surface area contributed by atoms with Crippen LogP contribution in [-0.2, 0) is 14.4 Å². The Bertz CT molecular complexity index is 1190. The number of hydrogen-bond acceptors (Lipinski definition) is 4. The summed E-state index contributed by atoms with van der Waals surface area (Å²) in [5.74, 6) is -1.23. The topological polar surface area (TPSA) is 49.9 Å². The lowest BCUT2D eigenvalue weighted by molar-refractivity contribution is -0.126. The number of para-hydroxylation sites is 1. The summed E-state index contributed by atoms with van der Waals surface area (Å²) in [4.78, 5) is 34.8. The van der Waals surface area contributed by atoms with Crippen LogP contribution < -0.4 is 9.96 Å². The standard InChI is InChI=1S/C26H23ClN2O3/c1-15-13-16(2)22(17(3)14-15)28-25(30)21-23(18-9-11-19(27)12-10-18)29(32-24(21)26(28)31)20-7-5-4-6-8-20/h4-14,21,23-24H,1-3H3/t21-,23+,24+/m1/s1. The smallest absolute Gasteiger partial charge is 0.266 e. The van der Waals surface area contributed by atoms with Crippen molar-refractivity contribution in [2.24, 2.45) is 5.92 Å². The number of carbonyl (C=O) groups is 2. The second-order valence-corrected chi connectivity index (χ2v) is 8.91. The normalized spacial score (nSPS) is 22.6. The van der Waals surface area contributed by atoms with E-state index in [9.17, 15) is 9.59 Å². The summed E-state index contributed by atoms with van der Waals surface area (Å²) < 4.78 is 0. The van der Waals surface area contributed by atoms with Gasteiger partial charge in [0.15, 0.2) is 6.10 Å². The lowest BCUT2D eigenvalue weighted by Crippen LogP contribution is -2.38. The van der Waals surface area contributed by atoms with E-state index in [-0.39, 0.29) is 11.8 Å². The third-order valence-corrected chi connectivity index (χ3v) is 6.45. The average molecular weight is 447 g/mol. The Hall–Kier alpha value is -3.15. The first kappa shape index (κ1) is 20.7. The zero-order chi connectivity index (χ0) is 22.6. The van der Waals surface area contributed by atoms with Crippen molar-refractivity contribution in [3.63, 3.8) is 0 Å². The zero-order valence-electron chi connectivity index (χ0n) is 18.1. The van der Waals surface area contributed by atoms with Crippen LogP contribution in [0.15, 0.2) is 66.7 Å². The van der Waals surface area contributed by atoms with Crippen molar-refractivity contribution in [3.8, 4) is 0 Å². The van der Waals surface area contributed by atoms with Gasteiger partial charge in [-0.3, -0.25) is 14.4 Å². The molecule has 6 heteroatoms. The van der Waals surface area contributed by atoms with Crippen molar-refractivity contribution in [2.75, 3.05) is 9.96 Å². The molecule has 0 unspecified atom stereocenters. The van der Waals surface area contributed by atoms with Crippen molar-refractivity contribution in [3.05, 3.63) is 94.0 Å². The second-order valence-electron chi connectivity index (χ2n) is 8.47. The molecule has 5 rings (SSSR count). The van der Waals surface area contributed by atoms with Gasteiger partial charge in [0.1, 0.15) is 5.92 Å². The van der Waals surface area contributed by atoms with Crippen LogP contribution in [0.4, 0.5) is 11.4 Å². The van der Waals surface area contributed by atoms with Gasteiger partial charge in [-0.1, -0.05) is 59.6 Å². The number of anilines is 2. The molecule has 2 aliphatic rings. The number of hydroxylamine groups is 1. The summed E-state index contributed by atoms with van der Waals surface area (Å²) in [6, 6.07) is 20.4. The molecule has 3 atom stereocenters. The first-order valence-electron chi connectivity index (χ1n) is 10.6. The minimum Gasteiger partial charge on any atom is -0.273 e. The Morgan fingerprint density at radius 3 is 2.09 bits per heavy atom. The quantitative estimate of drug-likeness (QED) is 0.511. The van der Waals surface area contributed by atoms with E-state index < -0.39 is 18.1 Å². The third kappa shape index (κ3) is 3.20. The molecule has 32 heavy (non-hydrogen) atoms. The zero-order valence-corrected chi connectivity index (χ0v) is 18.8. The number of fused-ring (bicyclic) bond motifs is 1. The highest BCUT2D eigenvalue weighted by Gasteiger charge is 2.60. The molecule has 0 aliphatic carbocycles. The van der Waals surface area contributed by atoms with Gasteiger partial charge in [-0.25, -0.2) is 9.96 Å². The van der Waals surface area contributed by atoms with Gasteiger partial charge in [0.2, 0.25) is 5.91 Å². The van der Waals surface area contributed by atoms with Gasteiger partial charge < -0.3 is 0 Å². The molecular weight excluding hydrogens is 424 g/mol. The molecular formula is C26H23ClN2O3. The van der Waals surface area contributed by atoms with E-state index >= 15 is 0 Å². The number of nitrogens with zero attached hydrogens (tertiary/aromatic N) is 2. The predicted molar refractivity (Wildman–Crippen MR) is 125 cm³/mol. The highest BCUT2D eigenvalue weighted by Crippen LogP contribution is 2.48. The monoisotopic (exact) mass is 446 g/mol. The number of benzene rings is 3. The molecule has 2 fully saturated rings. The van der Waals surface area contributed by atoms with Crippen LogP contribution in [0.2, 0.25) is 5.02 Å². The summed E-state index contributed by atoms with van der Waals surface area (Å²) >= 11 is 6.11. The van der Waals surface area contributed by atoms with Gasteiger partial charge in [0.05, 0.1) is 17.4 Å². The fourth-order valence-corrected chi connectivity index (χ4v) is 5.08. The maximum Gasteiger partial charge on any atom is 0.266 e. The minimum absolute atomic E-state index is 0.242. The van der Waals surface area contributed by atoms with Crippen LogP contribution in [0.3, 0.4) is 0 Å². The summed E-state index contributed by atoms with van der Waals surface area (Å²) in [5, 5.41) is 2.30. The third-order valence-electron chi connectivity index (χ3n) is 6.20. The summed E-state index contributed by atoms with van der Waals surface area (Å²) in [6.07, 6.45) is -0.886. The number of aryl methyl sites for hydroxylation is 3. The molecule has 162 valence electrons. The Labute approximate surface area is 192 Å². The Morgan fingerprint density at radius 2 is 1.47 bits per heavy atom. The second kappa shape index (κ2) is 7.76. The molecule has 5 nitrogen and oxygen atoms in total. The van der Waals surface area contributed by atoms with E-state index in [1.165, 1.54) is 4.90 Å². The number of hydrogen-bond donors (Lipinski definition) is 0. The molecule has 0 bridgehead atoms. The first-order chi connectivity index (χ1) is 15.4. The molecule has 0 spiro atoms. The highest BCUT2D eigenvalue weighted by atomic mass is 35.5. The van der Waals surface area contributed by atoms with Gasteiger partial charge in [-0.05, 0) is 61.7 Å². The molecule has 2 heterocycles. The summed E-state index contributed by atoms with van der Waals surface area (Å²) in [7, 11) is 0. The molecule has 0 N–H and O–H groups in total. The van der Waals surface area contributed by atoms with Crippen LogP contribution in [0.1, 0.15) is 28.3 Å². The molecule has 2 aliphatic heterocycles. The van der Waals surface area contributed by atoms with E-state index in [4.69, 9.17) is 16.4 Å². The molecule has 0 aromatic heterocycles. The van der Waals surface area contributed by atoms with E-state index in [0.29, 0.717) is 10.7 Å². The van der Waals surface area contributed by atoms with E-state index in [2.05, 4.69) is 0 Å². The Balaban J connectivity index is 1.61. The van der Waals surface area contributed by atoms with Gasteiger partial charge in [0.25, 0.3) is 5.91 Å².